The van der Waals surface area contributed by atoms with Crippen LogP contribution in [-0.4, -0.2) is 59.9 Å². The Kier molecular flexibility index (Phi) is 7.38. The zero-order valence-corrected chi connectivity index (χ0v) is 20.6. The largest absolute Gasteiger partial charge is 0.440 e. The maximum absolute atomic E-state index is 13.1. The second-order valence-electron chi connectivity index (χ2n) is 8.46. The maximum atomic E-state index is 13.1. The standard InChI is InChI=1S/C26H34N4O4/c1-6-29(7-2)26(31)34-24-21(19-11-9-8-10-12-19)28-22-20(23(24)33-16-15-32-5)13-14-30-18(4)17(3)27-25(22)30/h8-14,21,23-24,28H,6-7,15-16H2,1-5H3/t21-,23+,24-/m1/s1. The van der Waals surface area contributed by atoms with E-state index in [4.69, 9.17) is 19.2 Å². The molecular weight excluding hydrogens is 432 g/mol. The van der Waals surface area contributed by atoms with E-state index >= 15 is 0 Å². The quantitative estimate of drug-likeness (QED) is 0.486. The maximum Gasteiger partial charge on any atom is 0.410 e. The van der Waals surface area contributed by atoms with Gasteiger partial charge in [-0.2, -0.15) is 0 Å². The van der Waals surface area contributed by atoms with Crippen LogP contribution < -0.4 is 5.32 Å². The molecule has 3 heterocycles. The molecule has 0 saturated carbocycles. The highest BCUT2D eigenvalue weighted by Crippen LogP contribution is 2.44. The predicted molar refractivity (Wildman–Crippen MR) is 131 cm³/mol. The molecule has 0 bridgehead atoms. The van der Waals surface area contributed by atoms with E-state index in [-0.39, 0.29) is 12.1 Å². The van der Waals surface area contributed by atoms with E-state index < -0.39 is 12.2 Å². The van der Waals surface area contributed by atoms with Crippen LogP contribution >= 0.6 is 0 Å². The van der Waals surface area contributed by atoms with E-state index in [1.54, 1.807) is 12.0 Å². The normalized spacial score (nSPS) is 19.5. The number of aryl methyl sites for hydroxylation is 2. The Morgan fingerprint density at radius 1 is 1.12 bits per heavy atom. The first-order valence-corrected chi connectivity index (χ1v) is 11.9. The fraction of sp³-hybridized carbons (Fsp3) is 0.462. The van der Waals surface area contributed by atoms with Crippen LogP contribution in [0.3, 0.4) is 0 Å². The van der Waals surface area contributed by atoms with Gasteiger partial charge in [-0.05, 0) is 39.3 Å². The molecule has 0 aliphatic carbocycles. The van der Waals surface area contributed by atoms with Gasteiger partial charge in [0.25, 0.3) is 0 Å². The van der Waals surface area contributed by atoms with Crippen LogP contribution in [0.1, 0.15) is 48.5 Å². The van der Waals surface area contributed by atoms with E-state index in [2.05, 4.69) is 16.6 Å². The number of amides is 1. The Bertz CT molecular complexity index is 1130. The topological polar surface area (TPSA) is 77.3 Å². The lowest BCUT2D eigenvalue weighted by atomic mass is 9.88. The van der Waals surface area contributed by atoms with Crippen LogP contribution in [0, 0.1) is 13.8 Å². The van der Waals surface area contributed by atoms with Gasteiger partial charge in [0.05, 0.1) is 30.6 Å². The van der Waals surface area contributed by atoms with Crippen LogP contribution in [0.4, 0.5) is 10.5 Å². The molecule has 0 spiro atoms. The molecule has 8 nitrogen and oxygen atoms in total. The SMILES string of the molecule is CCN(CC)C(=O)O[C@@H]1[C@@H](c2ccccc2)Nc2c(ccn3c(C)c(C)nc23)[C@@H]1OCCOC. The van der Waals surface area contributed by atoms with Gasteiger partial charge in [0, 0.05) is 37.7 Å². The molecule has 3 aromatic rings. The first kappa shape index (κ1) is 24.0. The summed E-state index contributed by atoms with van der Waals surface area (Å²) in [5, 5.41) is 3.66. The third kappa shape index (κ3) is 4.48. The van der Waals surface area contributed by atoms with Gasteiger partial charge in [0.1, 0.15) is 6.10 Å². The van der Waals surface area contributed by atoms with E-state index in [0.29, 0.717) is 26.3 Å². The Morgan fingerprint density at radius 3 is 2.53 bits per heavy atom. The molecule has 8 heteroatoms. The number of hydrogen-bond donors (Lipinski definition) is 1. The van der Waals surface area contributed by atoms with E-state index in [9.17, 15) is 4.79 Å². The minimum absolute atomic E-state index is 0.315. The van der Waals surface area contributed by atoms with E-state index in [0.717, 1.165) is 33.8 Å². The molecule has 182 valence electrons. The highest BCUT2D eigenvalue weighted by atomic mass is 16.6. The summed E-state index contributed by atoms with van der Waals surface area (Å²) in [6.45, 7) is 9.91. The summed E-state index contributed by atoms with van der Waals surface area (Å²) >= 11 is 0. The van der Waals surface area contributed by atoms with Crippen LogP contribution in [0.5, 0.6) is 0 Å². The molecule has 34 heavy (non-hydrogen) atoms. The van der Waals surface area contributed by atoms with Crippen molar-refractivity contribution in [2.75, 3.05) is 38.7 Å². The van der Waals surface area contributed by atoms with Crippen molar-refractivity contribution in [2.24, 2.45) is 0 Å². The van der Waals surface area contributed by atoms with Crippen LogP contribution in [0.25, 0.3) is 5.65 Å². The van der Waals surface area contributed by atoms with Crippen molar-refractivity contribution in [1.82, 2.24) is 14.3 Å². The summed E-state index contributed by atoms with van der Waals surface area (Å²) in [7, 11) is 1.64. The van der Waals surface area contributed by atoms with Gasteiger partial charge in [0.2, 0.25) is 0 Å². The molecule has 1 N–H and O–H groups in total. The number of carbonyl (C=O) groups is 1. The second-order valence-corrected chi connectivity index (χ2v) is 8.46. The van der Waals surface area contributed by atoms with Crippen molar-refractivity contribution in [3.8, 4) is 0 Å². The van der Waals surface area contributed by atoms with Crippen molar-refractivity contribution in [2.45, 2.75) is 45.9 Å². The molecule has 2 aromatic heterocycles. The summed E-state index contributed by atoms with van der Waals surface area (Å²) < 4.78 is 19.8. The van der Waals surface area contributed by atoms with Crippen molar-refractivity contribution in [3.63, 3.8) is 0 Å². The van der Waals surface area contributed by atoms with Gasteiger partial charge in [-0.25, -0.2) is 9.78 Å². The number of rotatable bonds is 8. The number of ether oxygens (including phenoxy) is 3. The average molecular weight is 467 g/mol. The number of carbonyl (C=O) groups excluding carboxylic acids is 1. The smallest absolute Gasteiger partial charge is 0.410 e. The van der Waals surface area contributed by atoms with Crippen molar-refractivity contribution in [1.29, 1.82) is 0 Å². The summed E-state index contributed by atoms with van der Waals surface area (Å²) in [6, 6.07) is 11.7. The zero-order valence-electron chi connectivity index (χ0n) is 20.6. The molecule has 1 aliphatic rings. The number of imidazole rings is 1. The molecule has 3 atom stereocenters. The average Bonchev–Trinajstić information content (AvgIpc) is 3.15. The first-order valence-electron chi connectivity index (χ1n) is 11.9. The number of nitrogens with zero attached hydrogens (tertiary/aromatic N) is 3. The number of methoxy groups -OCH3 is 1. The van der Waals surface area contributed by atoms with E-state index in [1.807, 2.05) is 63.4 Å². The number of nitrogens with one attached hydrogen (secondary N) is 1. The first-order chi connectivity index (χ1) is 16.5. The third-order valence-corrected chi connectivity index (χ3v) is 6.54. The molecule has 4 rings (SSSR count). The molecular formula is C26H34N4O4. The summed E-state index contributed by atoms with van der Waals surface area (Å²) in [5.74, 6) is 0. The van der Waals surface area contributed by atoms with Crippen molar-refractivity contribution in [3.05, 3.63) is 65.1 Å². The fourth-order valence-corrected chi connectivity index (χ4v) is 4.51. The summed E-state index contributed by atoms with van der Waals surface area (Å²) in [6.07, 6.45) is 0.581. The summed E-state index contributed by atoms with van der Waals surface area (Å²) in [4.78, 5) is 19.6. The molecule has 0 radical (unpaired) electrons. The van der Waals surface area contributed by atoms with Crippen LogP contribution in [-0.2, 0) is 14.2 Å². The Labute approximate surface area is 200 Å². The van der Waals surface area contributed by atoms with Crippen molar-refractivity contribution >= 4 is 17.4 Å². The van der Waals surface area contributed by atoms with Gasteiger partial charge in [-0.3, -0.25) is 0 Å². The molecule has 0 saturated heterocycles. The molecule has 0 unspecified atom stereocenters. The monoisotopic (exact) mass is 466 g/mol. The molecule has 1 amide bonds. The molecule has 0 fully saturated rings. The van der Waals surface area contributed by atoms with Gasteiger partial charge >= 0.3 is 6.09 Å². The number of fused-ring (bicyclic) bond motifs is 3. The Hall–Kier alpha value is -3.10. The molecule has 1 aliphatic heterocycles. The predicted octanol–water partition coefficient (Wildman–Crippen LogP) is 4.67. The fourth-order valence-electron chi connectivity index (χ4n) is 4.51. The van der Waals surface area contributed by atoms with Gasteiger partial charge in [-0.15, -0.1) is 0 Å². The molecule has 1 aromatic carbocycles. The van der Waals surface area contributed by atoms with Crippen LogP contribution in [0.2, 0.25) is 0 Å². The summed E-state index contributed by atoms with van der Waals surface area (Å²) in [5.41, 5.74) is 5.71. The van der Waals surface area contributed by atoms with E-state index in [1.165, 1.54) is 0 Å². The number of aromatic nitrogens is 2. The van der Waals surface area contributed by atoms with Gasteiger partial charge in [0.15, 0.2) is 11.8 Å². The lowest BCUT2D eigenvalue weighted by Crippen LogP contribution is -2.44. The highest BCUT2D eigenvalue weighted by Gasteiger charge is 2.42. The number of anilines is 1. The van der Waals surface area contributed by atoms with Gasteiger partial charge in [-0.1, -0.05) is 30.3 Å². The third-order valence-electron chi connectivity index (χ3n) is 6.54. The number of hydrogen-bond acceptors (Lipinski definition) is 6. The Morgan fingerprint density at radius 2 is 1.85 bits per heavy atom. The number of benzene rings is 1. The minimum atomic E-state index is -0.584. The van der Waals surface area contributed by atoms with Crippen LogP contribution in [0.15, 0.2) is 42.6 Å². The minimum Gasteiger partial charge on any atom is -0.440 e. The lowest BCUT2D eigenvalue weighted by molar-refractivity contribution is -0.0739. The zero-order chi connectivity index (χ0) is 24.2. The highest BCUT2D eigenvalue weighted by molar-refractivity contribution is 5.76. The lowest BCUT2D eigenvalue weighted by Gasteiger charge is -2.40. The number of pyridine rings is 1. The van der Waals surface area contributed by atoms with Gasteiger partial charge < -0.3 is 28.8 Å². The second kappa shape index (κ2) is 10.4. The van der Waals surface area contributed by atoms with Crippen molar-refractivity contribution < 1.29 is 19.0 Å². The Balaban J connectivity index is 1.84.